The lowest BCUT2D eigenvalue weighted by molar-refractivity contribution is -0.118. The summed E-state index contributed by atoms with van der Waals surface area (Å²) in [6, 6.07) is 12.3. The van der Waals surface area contributed by atoms with Gasteiger partial charge >= 0.3 is 0 Å². The maximum atomic E-state index is 11.4. The number of amides is 1. The van der Waals surface area contributed by atoms with E-state index in [0.717, 1.165) is 17.9 Å². The Kier molecular flexibility index (Phi) is 4.95. The van der Waals surface area contributed by atoms with Gasteiger partial charge in [0.1, 0.15) is 17.4 Å². The van der Waals surface area contributed by atoms with Gasteiger partial charge in [0.05, 0.1) is 14.2 Å². The first-order valence-corrected chi connectivity index (χ1v) is 8.40. The smallest absolute Gasteiger partial charge is 0.234 e. The fourth-order valence-corrected chi connectivity index (χ4v) is 3.38. The average molecular weight is 346 g/mol. The molecule has 0 spiro atoms. The van der Waals surface area contributed by atoms with Crippen LogP contribution in [0, 0.1) is 0 Å². The molecule has 2 aromatic carbocycles. The molecule has 3 rings (SSSR count). The van der Waals surface area contributed by atoms with Gasteiger partial charge in [-0.2, -0.15) is 0 Å². The number of alkyl halides is 1. The first-order chi connectivity index (χ1) is 11.7. The minimum atomic E-state index is -0.147. The van der Waals surface area contributed by atoms with Gasteiger partial charge in [-0.25, -0.2) is 0 Å². The van der Waals surface area contributed by atoms with Gasteiger partial charge in [-0.05, 0) is 52.9 Å². The molecule has 2 aromatic rings. The molecule has 0 saturated heterocycles. The highest BCUT2D eigenvalue weighted by atomic mass is 35.5. The van der Waals surface area contributed by atoms with Crippen LogP contribution in [0.2, 0.25) is 0 Å². The van der Waals surface area contributed by atoms with Crippen LogP contribution >= 0.6 is 11.6 Å². The second-order valence-corrected chi connectivity index (χ2v) is 6.00. The van der Waals surface area contributed by atoms with Crippen molar-refractivity contribution in [2.75, 3.05) is 26.6 Å². The maximum absolute atomic E-state index is 11.4. The summed E-state index contributed by atoms with van der Waals surface area (Å²) < 4.78 is 10.8. The summed E-state index contributed by atoms with van der Waals surface area (Å²) in [6.45, 7) is 0.573. The molecule has 1 N–H and O–H groups in total. The molecule has 0 atom stereocenters. The molecule has 24 heavy (non-hydrogen) atoms. The molecule has 5 heteroatoms. The quantitative estimate of drug-likeness (QED) is 0.814. The predicted molar refractivity (Wildman–Crippen MR) is 95.2 cm³/mol. The Hall–Kier alpha value is -2.20. The highest BCUT2D eigenvalue weighted by Gasteiger charge is 2.29. The summed E-state index contributed by atoms with van der Waals surface area (Å²) >= 11 is 5.54. The van der Waals surface area contributed by atoms with E-state index in [9.17, 15) is 4.79 Å². The van der Waals surface area contributed by atoms with Gasteiger partial charge in [-0.1, -0.05) is 12.1 Å². The van der Waals surface area contributed by atoms with Crippen molar-refractivity contribution in [3.8, 4) is 22.6 Å². The molecule has 0 aliphatic heterocycles. The van der Waals surface area contributed by atoms with E-state index in [1.165, 1.54) is 22.3 Å². The summed E-state index contributed by atoms with van der Waals surface area (Å²) in [6.07, 6.45) is 0.795. The summed E-state index contributed by atoms with van der Waals surface area (Å²) in [7, 11) is 3.34. The van der Waals surface area contributed by atoms with E-state index in [2.05, 4.69) is 29.6 Å². The lowest BCUT2D eigenvalue weighted by Gasteiger charge is -2.15. The van der Waals surface area contributed by atoms with Gasteiger partial charge < -0.3 is 14.8 Å². The topological polar surface area (TPSA) is 47.6 Å². The molecule has 0 heterocycles. The molecule has 0 unspecified atom stereocenters. The normalized spacial score (nSPS) is 12.5. The monoisotopic (exact) mass is 345 g/mol. The molecule has 4 nitrogen and oxygen atoms in total. The second kappa shape index (κ2) is 7.14. The molecule has 0 aromatic heterocycles. The third-order valence-electron chi connectivity index (χ3n) is 4.44. The van der Waals surface area contributed by atoms with Crippen LogP contribution in [0.15, 0.2) is 36.4 Å². The van der Waals surface area contributed by atoms with Gasteiger partial charge in [0.25, 0.3) is 0 Å². The standard InChI is InChI=1S/C19H20ClNO3/c1-23-12-3-5-14-15-6-4-13(24-2)10-18(15)16(17(14)9-12)7-8-21-19(22)11-20/h3-6,9-10,16H,7-8,11H2,1-2H3,(H,21,22). The van der Waals surface area contributed by atoms with Crippen molar-refractivity contribution < 1.29 is 14.3 Å². The highest BCUT2D eigenvalue weighted by molar-refractivity contribution is 6.27. The molecule has 1 aliphatic carbocycles. The summed E-state index contributed by atoms with van der Waals surface area (Å²) in [4.78, 5) is 11.4. The zero-order chi connectivity index (χ0) is 17.1. The fraction of sp³-hybridized carbons (Fsp3) is 0.316. The van der Waals surface area contributed by atoms with Crippen molar-refractivity contribution in [3.05, 3.63) is 47.5 Å². The highest BCUT2D eigenvalue weighted by Crippen LogP contribution is 2.48. The number of ether oxygens (including phenoxy) is 2. The summed E-state index contributed by atoms with van der Waals surface area (Å²) in [5.74, 6) is 1.70. The zero-order valence-corrected chi connectivity index (χ0v) is 14.5. The molecule has 0 radical (unpaired) electrons. The largest absolute Gasteiger partial charge is 0.497 e. The SMILES string of the molecule is COc1ccc2c(c1)C(CCNC(=O)CCl)c1cc(OC)ccc1-2. The van der Waals surface area contributed by atoms with Crippen LogP contribution in [0.25, 0.3) is 11.1 Å². The van der Waals surface area contributed by atoms with Crippen molar-refractivity contribution in [2.45, 2.75) is 12.3 Å². The van der Waals surface area contributed by atoms with Crippen molar-refractivity contribution >= 4 is 17.5 Å². The molecule has 1 aliphatic rings. The van der Waals surface area contributed by atoms with E-state index >= 15 is 0 Å². The number of carbonyl (C=O) groups is 1. The Morgan fingerprint density at radius 1 is 1.04 bits per heavy atom. The summed E-state index contributed by atoms with van der Waals surface area (Å²) in [5.41, 5.74) is 4.86. The first kappa shape index (κ1) is 16.7. The Morgan fingerprint density at radius 3 is 2.04 bits per heavy atom. The Balaban J connectivity index is 1.95. The first-order valence-electron chi connectivity index (χ1n) is 7.86. The van der Waals surface area contributed by atoms with E-state index < -0.39 is 0 Å². The minimum absolute atomic E-state index is 0.0144. The van der Waals surface area contributed by atoms with Gasteiger partial charge in [-0.15, -0.1) is 11.6 Å². The number of hydrogen-bond donors (Lipinski definition) is 1. The third kappa shape index (κ3) is 3.06. The number of hydrogen-bond acceptors (Lipinski definition) is 3. The number of carbonyl (C=O) groups excluding carboxylic acids is 1. The number of rotatable bonds is 6. The number of benzene rings is 2. The fourth-order valence-electron chi connectivity index (χ4n) is 3.28. The second-order valence-electron chi connectivity index (χ2n) is 5.73. The molecule has 126 valence electrons. The number of nitrogens with one attached hydrogen (secondary N) is 1. The van der Waals surface area contributed by atoms with E-state index in [-0.39, 0.29) is 17.7 Å². The van der Waals surface area contributed by atoms with E-state index in [1.54, 1.807) is 14.2 Å². The molecule has 0 fully saturated rings. The van der Waals surface area contributed by atoms with Crippen LogP contribution < -0.4 is 14.8 Å². The molecule has 0 bridgehead atoms. The third-order valence-corrected chi connectivity index (χ3v) is 4.68. The molecule has 0 saturated carbocycles. The van der Waals surface area contributed by atoms with E-state index in [4.69, 9.17) is 21.1 Å². The Morgan fingerprint density at radius 2 is 1.58 bits per heavy atom. The van der Waals surface area contributed by atoms with Crippen molar-refractivity contribution in [3.63, 3.8) is 0 Å². The Labute approximate surface area is 146 Å². The number of fused-ring (bicyclic) bond motifs is 3. The predicted octanol–water partition coefficient (Wildman–Crippen LogP) is 3.56. The lowest BCUT2D eigenvalue weighted by atomic mass is 9.93. The van der Waals surface area contributed by atoms with Crippen molar-refractivity contribution in [1.29, 1.82) is 0 Å². The van der Waals surface area contributed by atoms with Crippen molar-refractivity contribution in [1.82, 2.24) is 5.32 Å². The van der Waals surface area contributed by atoms with Gasteiger partial charge in [0, 0.05) is 12.5 Å². The van der Waals surface area contributed by atoms with Crippen LogP contribution in [0.4, 0.5) is 0 Å². The lowest BCUT2D eigenvalue weighted by Crippen LogP contribution is -2.26. The van der Waals surface area contributed by atoms with Crippen LogP contribution in [0.5, 0.6) is 11.5 Å². The summed E-state index contributed by atoms with van der Waals surface area (Å²) in [5, 5.41) is 2.84. The van der Waals surface area contributed by atoms with Crippen LogP contribution in [0.3, 0.4) is 0 Å². The molecular formula is C19H20ClNO3. The molecule has 1 amide bonds. The van der Waals surface area contributed by atoms with Gasteiger partial charge in [-0.3, -0.25) is 4.79 Å². The minimum Gasteiger partial charge on any atom is -0.497 e. The van der Waals surface area contributed by atoms with Crippen LogP contribution in [-0.4, -0.2) is 32.6 Å². The van der Waals surface area contributed by atoms with E-state index in [1.807, 2.05) is 12.1 Å². The average Bonchev–Trinajstić information content (AvgIpc) is 2.93. The Bertz CT molecular complexity index is 707. The van der Waals surface area contributed by atoms with Crippen molar-refractivity contribution in [2.24, 2.45) is 0 Å². The number of methoxy groups -OCH3 is 2. The maximum Gasteiger partial charge on any atom is 0.234 e. The number of halogens is 1. The molecular weight excluding hydrogens is 326 g/mol. The zero-order valence-electron chi connectivity index (χ0n) is 13.8. The van der Waals surface area contributed by atoms with Gasteiger partial charge in [0.15, 0.2) is 0 Å². The van der Waals surface area contributed by atoms with E-state index in [0.29, 0.717) is 6.54 Å². The van der Waals surface area contributed by atoms with Crippen LogP contribution in [0.1, 0.15) is 23.5 Å². The van der Waals surface area contributed by atoms with Crippen LogP contribution in [-0.2, 0) is 4.79 Å². The van der Waals surface area contributed by atoms with Gasteiger partial charge in [0.2, 0.25) is 5.91 Å².